The highest BCUT2D eigenvalue weighted by atomic mass is 32.2. The van der Waals surface area contributed by atoms with Crippen molar-refractivity contribution in [2.45, 2.75) is 22.0 Å². The van der Waals surface area contributed by atoms with Gasteiger partial charge >= 0.3 is 0 Å². The molecule has 1 unspecified atom stereocenters. The van der Waals surface area contributed by atoms with Gasteiger partial charge < -0.3 is 5.32 Å². The van der Waals surface area contributed by atoms with E-state index < -0.39 is 10.0 Å². The van der Waals surface area contributed by atoms with Gasteiger partial charge in [0.25, 0.3) is 10.0 Å². The molecule has 0 radical (unpaired) electrons. The summed E-state index contributed by atoms with van der Waals surface area (Å²) in [5, 5.41) is 2.47. The Kier molecular flexibility index (Phi) is 3.13. The molecular weight excluding hydrogens is 262 g/mol. The zero-order chi connectivity index (χ0) is 12.6. The number of hydrazine groups is 1. The van der Waals surface area contributed by atoms with Crippen LogP contribution in [0.1, 0.15) is 6.92 Å². The fourth-order valence-corrected chi connectivity index (χ4v) is 3.01. The third-order valence-corrected chi connectivity index (χ3v) is 4.71. The third-order valence-electron chi connectivity index (χ3n) is 2.35. The van der Waals surface area contributed by atoms with E-state index in [2.05, 4.69) is 5.32 Å². The number of fused-ring (bicyclic) bond motifs is 1. The predicted octanol–water partition coefficient (Wildman–Crippen LogP) is 0.271. The number of hydrogen-bond acceptors (Lipinski definition) is 5. The number of sulfonamides is 1. The van der Waals surface area contributed by atoms with E-state index in [9.17, 15) is 13.2 Å². The summed E-state index contributed by atoms with van der Waals surface area (Å²) in [5.41, 5.74) is 0.495. The average Bonchev–Trinajstić information content (AvgIpc) is 2.30. The van der Waals surface area contributed by atoms with Crippen molar-refractivity contribution >= 4 is 33.4 Å². The van der Waals surface area contributed by atoms with Crippen LogP contribution in [0.3, 0.4) is 0 Å². The van der Waals surface area contributed by atoms with Crippen LogP contribution in [-0.4, -0.2) is 19.6 Å². The van der Waals surface area contributed by atoms with Crippen LogP contribution in [-0.2, 0) is 14.8 Å². The highest BCUT2D eigenvalue weighted by molar-refractivity contribution is 8.01. The number of carbonyl (C=O) groups excluding carboxylic acids is 1. The van der Waals surface area contributed by atoms with Gasteiger partial charge in [0, 0.05) is 4.90 Å². The van der Waals surface area contributed by atoms with E-state index in [0.717, 1.165) is 4.90 Å². The summed E-state index contributed by atoms with van der Waals surface area (Å²) in [4.78, 5) is 14.1. The van der Waals surface area contributed by atoms with Gasteiger partial charge in [-0.2, -0.15) is 4.83 Å². The Hall–Kier alpha value is -1.09. The number of benzene rings is 1. The monoisotopic (exact) mass is 273 g/mol. The van der Waals surface area contributed by atoms with Gasteiger partial charge in [-0.25, -0.2) is 8.42 Å². The zero-order valence-electron chi connectivity index (χ0n) is 8.93. The molecule has 17 heavy (non-hydrogen) atoms. The van der Waals surface area contributed by atoms with Crippen molar-refractivity contribution in [2.24, 2.45) is 5.84 Å². The summed E-state index contributed by atoms with van der Waals surface area (Å²) in [5.74, 6) is 4.79. The minimum Gasteiger partial charge on any atom is -0.324 e. The van der Waals surface area contributed by atoms with E-state index in [1.807, 2.05) is 0 Å². The van der Waals surface area contributed by atoms with Gasteiger partial charge in [0.2, 0.25) is 5.91 Å². The number of carbonyl (C=O) groups is 1. The fraction of sp³-hybridized carbons (Fsp3) is 0.222. The maximum atomic E-state index is 11.5. The Morgan fingerprint density at radius 3 is 2.82 bits per heavy atom. The van der Waals surface area contributed by atoms with Crippen molar-refractivity contribution in [1.29, 1.82) is 0 Å². The second-order valence-corrected chi connectivity index (χ2v) is 6.63. The van der Waals surface area contributed by atoms with Crippen molar-refractivity contribution in [3.63, 3.8) is 0 Å². The summed E-state index contributed by atoms with van der Waals surface area (Å²) < 4.78 is 23.0. The number of anilines is 1. The van der Waals surface area contributed by atoms with E-state index in [1.54, 1.807) is 17.8 Å². The second kappa shape index (κ2) is 4.30. The van der Waals surface area contributed by atoms with Crippen LogP contribution in [0.5, 0.6) is 0 Å². The number of amides is 1. The Balaban J connectivity index is 2.46. The van der Waals surface area contributed by atoms with Gasteiger partial charge in [-0.05, 0) is 25.1 Å². The molecular formula is C9H11N3O3S2. The number of rotatable bonds is 2. The lowest BCUT2D eigenvalue weighted by atomic mass is 10.3. The first-order valence-electron chi connectivity index (χ1n) is 4.78. The van der Waals surface area contributed by atoms with Crippen LogP contribution in [0.15, 0.2) is 28.0 Å². The molecule has 1 heterocycles. The summed E-state index contributed by atoms with van der Waals surface area (Å²) in [6, 6.07) is 4.49. The van der Waals surface area contributed by atoms with Gasteiger partial charge in [-0.1, -0.05) is 0 Å². The Morgan fingerprint density at radius 2 is 2.18 bits per heavy atom. The normalized spacial score (nSPS) is 19.6. The molecule has 92 valence electrons. The Labute approximate surface area is 103 Å². The molecule has 0 saturated carbocycles. The molecule has 8 heteroatoms. The highest BCUT2D eigenvalue weighted by Crippen LogP contribution is 2.36. The first-order chi connectivity index (χ1) is 7.94. The average molecular weight is 273 g/mol. The van der Waals surface area contributed by atoms with Gasteiger partial charge in [0.15, 0.2) is 0 Å². The van der Waals surface area contributed by atoms with Gasteiger partial charge in [0.1, 0.15) is 0 Å². The molecule has 0 aliphatic carbocycles. The maximum Gasteiger partial charge on any atom is 0.253 e. The van der Waals surface area contributed by atoms with Crippen LogP contribution in [0, 0.1) is 0 Å². The standard InChI is InChI=1S/C9H11N3O3S2/c1-5-9(13)11-7-4-6(17(14,15)12-10)2-3-8(7)16-5/h2-5,12H,10H2,1H3,(H,11,13). The fourth-order valence-electron chi connectivity index (χ4n) is 1.42. The predicted molar refractivity (Wildman–Crippen MR) is 64.9 cm³/mol. The Morgan fingerprint density at radius 1 is 1.47 bits per heavy atom. The van der Waals surface area contributed by atoms with Crippen LogP contribution in [0.2, 0.25) is 0 Å². The van der Waals surface area contributed by atoms with Crippen molar-refractivity contribution < 1.29 is 13.2 Å². The number of nitrogens with one attached hydrogen (secondary N) is 2. The van der Waals surface area contributed by atoms with E-state index in [4.69, 9.17) is 5.84 Å². The summed E-state index contributed by atoms with van der Waals surface area (Å²) in [6.07, 6.45) is 0. The molecule has 6 nitrogen and oxygen atoms in total. The topological polar surface area (TPSA) is 101 Å². The quantitative estimate of drug-likeness (QED) is 0.530. The van der Waals surface area contributed by atoms with Crippen molar-refractivity contribution in [3.05, 3.63) is 18.2 Å². The lowest BCUT2D eigenvalue weighted by molar-refractivity contribution is -0.115. The zero-order valence-corrected chi connectivity index (χ0v) is 10.6. The first kappa shape index (κ1) is 12.4. The lowest BCUT2D eigenvalue weighted by Gasteiger charge is -2.21. The van der Waals surface area contributed by atoms with Gasteiger partial charge in [0.05, 0.1) is 15.8 Å². The molecule has 1 amide bonds. The summed E-state index contributed by atoms with van der Waals surface area (Å²) in [7, 11) is -3.70. The van der Waals surface area contributed by atoms with Crippen LogP contribution in [0.25, 0.3) is 0 Å². The van der Waals surface area contributed by atoms with Crippen LogP contribution < -0.4 is 16.0 Å². The minimum absolute atomic E-state index is 0.0224. The third kappa shape index (κ3) is 2.29. The van der Waals surface area contributed by atoms with Crippen LogP contribution in [0.4, 0.5) is 5.69 Å². The van der Waals surface area contributed by atoms with Crippen LogP contribution >= 0.6 is 11.8 Å². The SMILES string of the molecule is CC1Sc2ccc(S(=O)(=O)NN)cc2NC1=O. The largest absolute Gasteiger partial charge is 0.324 e. The van der Waals surface area contributed by atoms with Gasteiger partial charge in [-0.15, -0.1) is 11.8 Å². The molecule has 1 aliphatic rings. The van der Waals surface area contributed by atoms with E-state index in [0.29, 0.717) is 5.69 Å². The number of nitrogens with two attached hydrogens (primary N) is 1. The first-order valence-corrected chi connectivity index (χ1v) is 7.14. The molecule has 0 aromatic heterocycles. The minimum atomic E-state index is -3.70. The van der Waals surface area contributed by atoms with Gasteiger partial charge in [-0.3, -0.25) is 10.6 Å². The molecule has 0 spiro atoms. The van der Waals surface area contributed by atoms with Crippen molar-refractivity contribution in [1.82, 2.24) is 4.83 Å². The maximum absolute atomic E-state index is 11.5. The molecule has 1 aliphatic heterocycles. The molecule has 1 aromatic carbocycles. The van der Waals surface area contributed by atoms with E-state index >= 15 is 0 Å². The number of hydrogen-bond donors (Lipinski definition) is 3. The molecule has 0 fully saturated rings. The molecule has 1 aromatic rings. The van der Waals surface area contributed by atoms with E-state index in [1.165, 1.54) is 23.9 Å². The molecule has 2 rings (SSSR count). The number of thioether (sulfide) groups is 1. The van der Waals surface area contributed by atoms with Crippen molar-refractivity contribution in [2.75, 3.05) is 5.32 Å². The van der Waals surface area contributed by atoms with E-state index in [-0.39, 0.29) is 16.1 Å². The molecule has 0 saturated heterocycles. The Bertz CT molecular complexity index is 571. The van der Waals surface area contributed by atoms with Crippen molar-refractivity contribution in [3.8, 4) is 0 Å². The smallest absolute Gasteiger partial charge is 0.253 e. The summed E-state index contributed by atoms with van der Waals surface area (Å²) in [6.45, 7) is 1.79. The molecule has 4 N–H and O–H groups in total. The summed E-state index contributed by atoms with van der Waals surface area (Å²) >= 11 is 1.39. The molecule has 0 bridgehead atoms. The molecule has 1 atom stereocenters. The highest BCUT2D eigenvalue weighted by Gasteiger charge is 2.24. The second-order valence-electron chi connectivity index (χ2n) is 3.53. The lowest BCUT2D eigenvalue weighted by Crippen LogP contribution is -2.31.